The Labute approximate surface area is 574 Å². The quantitative estimate of drug-likeness (QED) is 0.0258. The number of carbonyl (C=O) groups is 18. The van der Waals surface area contributed by atoms with E-state index >= 15 is 0 Å². The van der Waals surface area contributed by atoms with Crippen LogP contribution < -0.4 is 4.74 Å². The van der Waals surface area contributed by atoms with Crippen molar-refractivity contribution in [3.05, 3.63) is 29.8 Å². The molecule has 0 bridgehead atoms. The Morgan fingerprint density at radius 1 is 0.316 bits per heavy atom. The molecule has 0 unspecified atom stereocenters. The number of hydrogen-bond acceptors (Lipinski definition) is 28. The zero-order chi connectivity index (χ0) is 75.2. The molecule has 28 nitrogen and oxygen atoms in total. The van der Waals surface area contributed by atoms with E-state index in [9.17, 15) is 86.3 Å². The van der Waals surface area contributed by atoms with E-state index in [1.165, 1.54) is 67.9 Å². The highest BCUT2D eigenvalue weighted by molar-refractivity contribution is 5.98. The van der Waals surface area contributed by atoms with E-state index in [4.69, 9.17) is 47.4 Å². The Morgan fingerprint density at radius 2 is 0.541 bits per heavy atom. The van der Waals surface area contributed by atoms with Gasteiger partial charge in [0, 0.05) is 5.41 Å². The van der Waals surface area contributed by atoms with Crippen molar-refractivity contribution in [2.45, 2.75) is 218 Å². The predicted octanol–water partition coefficient (Wildman–Crippen LogP) is 8.01. The first-order valence-corrected chi connectivity index (χ1v) is 32.4. The van der Waals surface area contributed by atoms with E-state index in [1.54, 1.807) is 13.8 Å². The van der Waals surface area contributed by atoms with E-state index in [2.05, 4.69) is 13.8 Å². The minimum Gasteiger partial charge on any atom is -0.490 e. The van der Waals surface area contributed by atoms with Gasteiger partial charge in [0.1, 0.15) is 129 Å². The predicted molar refractivity (Wildman–Crippen MR) is 349 cm³/mol. The largest absolute Gasteiger partial charge is 0.490 e. The lowest BCUT2D eigenvalue weighted by atomic mass is 9.83. The van der Waals surface area contributed by atoms with Gasteiger partial charge in [0.25, 0.3) is 0 Å². The molecule has 0 radical (unpaired) electrons. The van der Waals surface area contributed by atoms with Crippen LogP contribution in [0.4, 0.5) is 0 Å². The van der Waals surface area contributed by atoms with Crippen molar-refractivity contribution in [3.8, 4) is 5.75 Å². The molecule has 1 saturated carbocycles. The maximum absolute atomic E-state index is 11.3. The minimum absolute atomic E-state index is 0.0342. The molecule has 0 N–H and O–H groups in total. The first kappa shape index (κ1) is 93.5. The Bertz CT molecular complexity index is 2590. The highest BCUT2D eigenvalue weighted by Crippen LogP contribution is 2.29. The average Bonchev–Trinajstić information content (AvgIpc) is 1.41. The maximum Gasteiger partial charge on any atom is 0.313 e. The van der Waals surface area contributed by atoms with Crippen LogP contribution in [0.25, 0.3) is 0 Å². The van der Waals surface area contributed by atoms with Crippen LogP contribution in [0.3, 0.4) is 0 Å². The number of esters is 9. The number of ketones is 9. The Balaban J connectivity index is -0.00000115. The second kappa shape index (κ2) is 56.3. The fourth-order valence-corrected chi connectivity index (χ4v) is 7.64. The molecule has 0 aliphatic heterocycles. The molecular weight excluding hydrogens is 1290 g/mol. The van der Waals surface area contributed by atoms with Crippen LogP contribution >= 0.6 is 0 Å². The molecule has 0 aromatic heterocycles. The van der Waals surface area contributed by atoms with Crippen LogP contribution in [-0.4, -0.2) is 172 Å². The highest BCUT2D eigenvalue weighted by Gasteiger charge is 2.25. The molecule has 0 atom stereocenters. The fourth-order valence-electron chi connectivity index (χ4n) is 7.64. The SMILES string of the molecule is CC(=O)CC(=O)OCC(C)(C)COC(=O)CC(C)=O.CC(=O)CC(=O)OCC1CCC(COC(=O)CC(C)=O)CC1.CC(=O)CC(=O)OCCCCCCOC(=O)CC(C)=O.CC(=O)CC(=O)OCCCCOC(=O)CC(C)=O.CC(=O)CC(=O)OCCOc1ccc(C(C)C)cc1. The summed E-state index contributed by atoms with van der Waals surface area (Å²) < 4.78 is 49.5. The minimum atomic E-state index is -0.601. The summed E-state index contributed by atoms with van der Waals surface area (Å²) >= 11 is 0. The van der Waals surface area contributed by atoms with E-state index in [-0.39, 0.29) is 149 Å². The van der Waals surface area contributed by atoms with Crippen LogP contribution in [0.15, 0.2) is 24.3 Å². The molecule has 1 aromatic carbocycles. The van der Waals surface area contributed by atoms with Gasteiger partial charge >= 0.3 is 53.7 Å². The number of unbranched alkanes of at least 4 members (excludes halogenated alkanes) is 4. The van der Waals surface area contributed by atoms with Crippen molar-refractivity contribution in [2.75, 3.05) is 66.1 Å². The lowest BCUT2D eigenvalue weighted by Gasteiger charge is -2.27. The molecule has 1 fully saturated rings. The summed E-state index contributed by atoms with van der Waals surface area (Å²) in [5, 5.41) is 0. The van der Waals surface area contributed by atoms with E-state index in [1.807, 2.05) is 24.3 Å². The third-order valence-corrected chi connectivity index (χ3v) is 12.5. The molecule has 1 aliphatic rings. The summed E-state index contributed by atoms with van der Waals surface area (Å²) in [6.45, 7) is 21.9. The molecule has 0 heterocycles. The number of carbonyl (C=O) groups excluding carboxylic acids is 18. The van der Waals surface area contributed by atoms with Crippen LogP contribution in [0.5, 0.6) is 5.75 Å². The van der Waals surface area contributed by atoms with Crippen molar-refractivity contribution in [2.24, 2.45) is 17.3 Å². The van der Waals surface area contributed by atoms with Gasteiger partial charge < -0.3 is 47.4 Å². The van der Waals surface area contributed by atoms with Gasteiger partial charge in [-0.3, -0.25) is 86.3 Å². The number of benzene rings is 1. The second-order valence-corrected chi connectivity index (χ2v) is 24.4. The molecule has 0 saturated heterocycles. The van der Waals surface area contributed by atoms with Gasteiger partial charge in [-0.05, 0) is 162 Å². The van der Waals surface area contributed by atoms with Gasteiger partial charge in [-0.2, -0.15) is 0 Å². The van der Waals surface area contributed by atoms with Crippen LogP contribution in [0.2, 0.25) is 0 Å². The number of ether oxygens (including phenoxy) is 10. The molecule has 28 heteroatoms. The van der Waals surface area contributed by atoms with Crippen molar-refractivity contribution >= 4 is 106 Å². The summed E-state index contributed by atoms with van der Waals surface area (Å²) in [5.41, 5.74) is 0.680. The zero-order valence-electron chi connectivity index (χ0n) is 59.5. The number of rotatable bonds is 43. The van der Waals surface area contributed by atoms with Gasteiger partial charge in [-0.1, -0.05) is 39.8 Å². The third kappa shape index (κ3) is 64.6. The first-order valence-electron chi connectivity index (χ1n) is 32.4. The Morgan fingerprint density at radius 3 is 0.786 bits per heavy atom. The van der Waals surface area contributed by atoms with Crippen LogP contribution in [-0.2, 0) is 129 Å². The molecule has 0 spiro atoms. The van der Waals surface area contributed by atoms with Crippen molar-refractivity contribution in [3.63, 3.8) is 0 Å². The third-order valence-electron chi connectivity index (χ3n) is 12.5. The van der Waals surface area contributed by atoms with E-state index < -0.39 is 59.1 Å². The molecule has 1 aromatic rings. The highest BCUT2D eigenvalue weighted by atomic mass is 16.6. The summed E-state index contributed by atoms with van der Waals surface area (Å²) in [4.78, 5) is 196. The van der Waals surface area contributed by atoms with Crippen molar-refractivity contribution in [1.82, 2.24) is 0 Å². The van der Waals surface area contributed by atoms with E-state index in [0.29, 0.717) is 69.9 Å². The summed E-state index contributed by atoms with van der Waals surface area (Å²) in [7, 11) is 0. The fraction of sp³-hybridized carbons (Fsp3) is 0.657. The molecular formula is C70H104O28. The normalized spacial score (nSPS) is 12.6. The van der Waals surface area contributed by atoms with Gasteiger partial charge in [-0.15, -0.1) is 0 Å². The monoisotopic (exact) mass is 1390 g/mol. The smallest absolute Gasteiger partial charge is 0.313 e. The van der Waals surface area contributed by atoms with Gasteiger partial charge in [0.2, 0.25) is 0 Å². The number of Topliss-reactive ketones (excluding diaryl/α,β-unsaturated/α-hetero) is 9. The van der Waals surface area contributed by atoms with Gasteiger partial charge in [-0.25, -0.2) is 0 Å². The van der Waals surface area contributed by atoms with Crippen LogP contribution in [0.1, 0.15) is 223 Å². The molecule has 1 aliphatic carbocycles. The Hall–Kier alpha value is -8.72. The molecule has 0 amide bonds. The van der Waals surface area contributed by atoms with Gasteiger partial charge in [0.15, 0.2) is 0 Å². The van der Waals surface area contributed by atoms with Crippen molar-refractivity contribution < 1.29 is 134 Å². The topological polar surface area (TPSA) is 400 Å². The second-order valence-electron chi connectivity index (χ2n) is 24.4. The first-order chi connectivity index (χ1) is 45.8. The maximum atomic E-state index is 11.3. The number of hydrogen-bond donors (Lipinski definition) is 0. The molecule has 552 valence electrons. The van der Waals surface area contributed by atoms with Gasteiger partial charge in [0.05, 0.1) is 52.9 Å². The Kier molecular flexibility index (Phi) is 53.7. The van der Waals surface area contributed by atoms with Crippen molar-refractivity contribution in [1.29, 1.82) is 0 Å². The zero-order valence-corrected chi connectivity index (χ0v) is 59.5. The lowest BCUT2D eigenvalue weighted by molar-refractivity contribution is -0.155. The molecule has 98 heavy (non-hydrogen) atoms. The molecule has 2 rings (SSSR count). The summed E-state index contributed by atoms with van der Waals surface area (Å²) in [5.74, 6) is -4.88. The lowest BCUT2D eigenvalue weighted by Crippen LogP contribution is -2.29. The summed E-state index contributed by atoms with van der Waals surface area (Å²) in [6, 6.07) is 7.82. The average molecular weight is 1390 g/mol. The summed E-state index contributed by atoms with van der Waals surface area (Å²) in [6.07, 6.45) is 6.00. The van der Waals surface area contributed by atoms with Crippen LogP contribution in [0, 0.1) is 17.3 Å². The standard InChI is InChI=1S/C16H24O6.C15H20O4.C14H22O6.C13H20O6.C12H18O6/c1-11(17)7-15(19)21-9-13-3-5-14(6-4-13)10-22-16(20)8-12(2)18;1-11(2)13-4-6-14(7-5-13)18-8-9-19-15(17)10-12(3)16;1-11(15)9-13(17)19-7-5-3-4-6-8-20-14(18)10-12(2)16;1-9(14)5-11(16)18-7-13(3,4)8-19-12(17)6-10(2)15;1-9(13)7-11(15)17-5-3-4-6-18-12(16)8-10(2)14/h13-14H,3-10H2,1-2H3;4-7,11H,8-10H2,1-3H3;3-10H2,1-2H3;5-8H2,1-4H3;3-8H2,1-2H3. The van der Waals surface area contributed by atoms with E-state index in [0.717, 1.165) is 44.3 Å².